The maximum Gasteiger partial charge on any atom is 0.267 e. The lowest BCUT2D eigenvalue weighted by Gasteiger charge is -1.97. The molecule has 62 valence electrons. The number of pyridine rings is 1. The number of amides is 1. The molecule has 0 spiro atoms. The summed E-state index contributed by atoms with van der Waals surface area (Å²) in [5.74, 6) is -0.496. The summed E-state index contributed by atoms with van der Waals surface area (Å²) in [5.41, 5.74) is 7.42. The first-order valence-corrected chi connectivity index (χ1v) is 3.63. The zero-order chi connectivity index (χ0) is 8.55. The molecular weight excluding hydrogens is 156 g/mol. The van der Waals surface area contributed by atoms with Crippen molar-refractivity contribution in [3.8, 4) is 0 Å². The number of nitrogens with two attached hydrogens (primary N) is 1. The van der Waals surface area contributed by atoms with Gasteiger partial charge in [-0.25, -0.2) is 0 Å². The first-order valence-electron chi connectivity index (χ1n) is 3.63. The average molecular weight is 164 g/mol. The van der Waals surface area contributed by atoms with Crippen LogP contribution in [-0.2, 0) is 18.0 Å². The van der Waals surface area contributed by atoms with Crippen molar-refractivity contribution >= 4 is 5.91 Å². The molecule has 0 atom stereocenters. The highest BCUT2D eigenvalue weighted by molar-refractivity contribution is 5.90. The van der Waals surface area contributed by atoms with E-state index in [9.17, 15) is 4.79 Å². The fourth-order valence-corrected chi connectivity index (χ4v) is 1.20. The number of primary amides is 1. The zero-order valence-electron chi connectivity index (χ0n) is 6.41. The van der Waals surface area contributed by atoms with Crippen LogP contribution in [0, 0.1) is 0 Å². The normalized spacial score (nSPS) is 14.3. The Labute approximate surface area is 69.4 Å². The zero-order valence-corrected chi connectivity index (χ0v) is 6.41. The van der Waals surface area contributed by atoms with Crippen molar-refractivity contribution in [2.75, 3.05) is 0 Å². The molecule has 0 aliphatic carbocycles. The third-order valence-electron chi connectivity index (χ3n) is 1.85. The van der Waals surface area contributed by atoms with Crippen LogP contribution in [-0.4, -0.2) is 10.9 Å². The monoisotopic (exact) mass is 164 g/mol. The Morgan fingerprint density at radius 1 is 1.50 bits per heavy atom. The molecule has 0 bridgehead atoms. The SMILES string of the molecule is NC(=O)c1cc2c(cn1)COC2. The van der Waals surface area contributed by atoms with Crippen LogP contribution in [0.15, 0.2) is 12.3 Å². The molecule has 4 nitrogen and oxygen atoms in total. The molecule has 4 heteroatoms. The van der Waals surface area contributed by atoms with E-state index in [4.69, 9.17) is 10.5 Å². The van der Waals surface area contributed by atoms with Crippen molar-refractivity contribution in [3.05, 3.63) is 29.1 Å². The van der Waals surface area contributed by atoms with Crippen molar-refractivity contribution in [2.24, 2.45) is 5.73 Å². The summed E-state index contributed by atoms with van der Waals surface area (Å²) < 4.78 is 5.16. The molecule has 2 N–H and O–H groups in total. The third-order valence-corrected chi connectivity index (χ3v) is 1.85. The van der Waals surface area contributed by atoms with E-state index < -0.39 is 5.91 Å². The van der Waals surface area contributed by atoms with Gasteiger partial charge in [0.05, 0.1) is 13.2 Å². The van der Waals surface area contributed by atoms with Crippen LogP contribution in [0.2, 0.25) is 0 Å². The van der Waals surface area contributed by atoms with Crippen LogP contribution >= 0.6 is 0 Å². The Balaban J connectivity index is 2.45. The standard InChI is InChI=1S/C8H8N2O2/c9-8(11)7-1-5-3-12-4-6(5)2-10-7/h1-2H,3-4H2,(H2,9,11). The Bertz CT molecular complexity index is 336. The van der Waals surface area contributed by atoms with E-state index in [1.165, 1.54) is 0 Å². The molecule has 0 saturated carbocycles. The highest BCUT2D eigenvalue weighted by Crippen LogP contribution is 2.18. The largest absolute Gasteiger partial charge is 0.372 e. The molecule has 1 aromatic heterocycles. The van der Waals surface area contributed by atoms with Gasteiger partial charge in [0.1, 0.15) is 5.69 Å². The summed E-state index contributed by atoms with van der Waals surface area (Å²) in [7, 11) is 0. The van der Waals surface area contributed by atoms with Gasteiger partial charge in [-0.05, 0) is 11.6 Å². The van der Waals surface area contributed by atoms with E-state index in [2.05, 4.69) is 4.98 Å². The van der Waals surface area contributed by atoms with Crippen LogP contribution in [0.4, 0.5) is 0 Å². The molecule has 0 radical (unpaired) electrons. The summed E-state index contributed by atoms with van der Waals surface area (Å²) in [6, 6.07) is 1.69. The molecule has 12 heavy (non-hydrogen) atoms. The number of rotatable bonds is 1. The predicted octanol–water partition coefficient (Wildman–Crippen LogP) is 0.211. The van der Waals surface area contributed by atoms with Gasteiger partial charge >= 0.3 is 0 Å². The van der Waals surface area contributed by atoms with Crippen molar-refractivity contribution in [3.63, 3.8) is 0 Å². The summed E-state index contributed by atoms with van der Waals surface area (Å²) in [5, 5.41) is 0. The smallest absolute Gasteiger partial charge is 0.267 e. The topological polar surface area (TPSA) is 65.2 Å². The van der Waals surface area contributed by atoms with Crippen LogP contribution < -0.4 is 5.73 Å². The predicted molar refractivity (Wildman–Crippen MR) is 41.2 cm³/mol. The molecule has 1 amide bonds. The lowest BCUT2D eigenvalue weighted by atomic mass is 10.1. The molecule has 0 aromatic carbocycles. The van der Waals surface area contributed by atoms with E-state index >= 15 is 0 Å². The second-order valence-electron chi connectivity index (χ2n) is 2.70. The van der Waals surface area contributed by atoms with Crippen LogP contribution in [0.5, 0.6) is 0 Å². The van der Waals surface area contributed by atoms with Crippen molar-refractivity contribution in [2.45, 2.75) is 13.2 Å². The van der Waals surface area contributed by atoms with E-state index in [0.29, 0.717) is 18.9 Å². The maximum atomic E-state index is 10.7. The highest BCUT2D eigenvalue weighted by Gasteiger charge is 2.13. The van der Waals surface area contributed by atoms with Crippen LogP contribution in [0.3, 0.4) is 0 Å². The van der Waals surface area contributed by atoms with E-state index in [-0.39, 0.29) is 0 Å². The van der Waals surface area contributed by atoms with E-state index in [1.54, 1.807) is 12.3 Å². The molecule has 2 heterocycles. The van der Waals surface area contributed by atoms with Crippen molar-refractivity contribution < 1.29 is 9.53 Å². The van der Waals surface area contributed by atoms with Gasteiger partial charge in [0.15, 0.2) is 0 Å². The highest BCUT2D eigenvalue weighted by atomic mass is 16.5. The quantitative estimate of drug-likeness (QED) is 0.645. The number of ether oxygens (including phenoxy) is 1. The fraction of sp³-hybridized carbons (Fsp3) is 0.250. The summed E-state index contributed by atoms with van der Waals surface area (Å²) >= 11 is 0. The fourth-order valence-electron chi connectivity index (χ4n) is 1.20. The summed E-state index contributed by atoms with van der Waals surface area (Å²) in [4.78, 5) is 14.6. The number of nitrogens with zero attached hydrogens (tertiary/aromatic N) is 1. The molecule has 0 unspecified atom stereocenters. The minimum absolute atomic E-state index is 0.305. The summed E-state index contributed by atoms with van der Waals surface area (Å²) in [6.45, 7) is 1.14. The lowest BCUT2D eigenvalue weighted by Crippen LogP contribution is -2.13. The molecule has 1 aromatic rings. The minimum Gasteiger partial charge on any atom is -0.372 e. The van der Waals surface area contributed by atoms with Gasteiger partial charge in [0, 0.05) is 11.8 Å². The van der Waals surface area contributed by atoms with Gasteiger partial charge < -0.3 is 10.5 Å². The average Bonchev–Trinajstić information content (AvgIpc) is 2.49. The Morgan fingerprint density at radius 3 is 3.00 bits per heavy atom. The number of fused-ring (bicyclic) bond motifs is 1. The Kier molecular flexibility index (Phi) is 1.55. The molecular formula is C8H8N2O2. The van der Waals surface area contributed by atoms with Gasteiger partial charge in [-0.2, -0.15) is 0 Å². The van der Waals surface area contributed by atoms with Gasteiger partial charge in [0.25, 0.3) is 5.91 Å². The molecule has 0 fully saturated rings. The first-order chi connectivity index (χ1) is 5.77. The Hall–Kier alpha value is -1.42. The van der Waals surface area contributed by atoms with Crippen LogP contribution in [0.1, 0.15) is 21.6 Å². The van der Waals surface area contributed by atoms with Gasteiger partial charge in [0.2, 0.25) is 0 Å². The van der Waals surface area contributed by atoms with Crippen LogP contribution in [0.25, 0.3) is 0 Å². The molecule has 1 aliphatic rings. The van der Waals surface area contributed by atoms with Gasteiger partial charge in [-0.15, -0.1) is 0 Å². The number of aromatic nitrogens is 1. The number of hydrogen-bond acceptors (Lipinski definition) is 3. The minimum atomic E-state index is -0.496. The Morgan fingerprint density at radius 2 is 2.25 bits per heavy atom. The maximum absolute atomic E-state index is 10.7. The van der Waals surface area contributed by atoms with Gasteiger partial charge in [-0.3, -0.25) is 9.78 Å². The van der Waals surface area contributed by atoms with Gasteiger partial charge in [-0.1, -0.05) is 0 Å². The van der Waals surface area contributed by atoms with E-state index in [1.807, 2.05) is 0 Å². The lowest BCUT2D eigenvalue weighted by molar-refractivity contribution is 0.0995. The van der Waals surface area contributed by atoms with Crippen molar-refractivity contribution in [1.29, 1.82) is 0 Å². The van der Waals surface area contributed by atoms with Crippen molar-refractivity contribution in [1.82, 2.24) is 4.98 Å². The number of carbonyl (C=O) groups is 1. The molecule has 0 saturated heterocycles. The third kappa shape index (κ3) is 1.06. The second kappa shape index (κ2) is 2.57. The molecule has 1 aliphatic heterocycles. The molecule has 2 rings (SSSR count). The number of hydrogen-bond donors (Lipinski definition) is 1. The first kappa shape index (κ1) is 7.24. The second-order valence-corrected chi connectivity index (χ2v) is 2.70. The summed E-state index contributed by atoms with van der Waals surface area (Å²) in [6.07, 6.45) is 1.64. The van der Waals surface area contributed by atoms with E-state index in [0.717, 1.165) is 11.1 Å². The number of carbonyl (C=O) groups excluding carboxylic acids is 1.